The van der Waals surface area contributed by atoms with Crippen LogP contribution in [0.2, 0.25) is 0 Å². The van der Waals surface area contributed by atoms with Gasteiger partial charge < -0.3 is 9.46 Å². The van der Waals surface area contributed by atoms with E-state index in [9.17, 15) is 0 Å². The number of aryl methyl sites for hydroxylation is 2. The molecule has 0 fully saturated rings. The summed E-state index contributed by atoms with van der Waals surface area (Å²) in [6, 6.07) is 7.97. The predicted octanol–water partition coefficient (Wildman–Crippen LogP) is 4.53. The van der Waals surface area contributed by atoms with Crippen LogP contribution in [0.4, 0.5) is 5.69 Å². The highest BCUT2D eigenvalue weighted by Gasteiger charge is 2.13. The molecule has 3 heterocycles. The second kappa shape index (κ2) is 6.97. The zero-order chi connectivity index (χ0) is 18.1. The lowest BCUT2D eigenvalue weighted by Crippen LogP contribution is -1.98. The molecule has 0 spiro atoms. The van der Waals surface area contributed by atoms with Gasteiger partial charge in [0.1, 0.15) is 11.4 Å². The van der Waals surface area contributed by atoms with Crippen LogP contribution in [0, 0.1) is 6.92 Å². The highest BCUT2D eigenvalue weighted by Crippen LogP contribution is 2.36. The highest BCUT2D eigenvalue weighted by atomic mass is 32.2. The number of methoxy groups -OCH3 is 1. The van der Waals surface area contributed by atoms with Crippen molar-refractivity contribution in [2.45, 2.75) is 11.8 Å². The maximum Gasteiger partial charge on any atom is 0.145 e. The number of nitrogens with zero attached hydrogens (tertiary/aromatic N) is 4. The van der Waals surface area contributed by atoms with Gasteiger partial charge in [-0.1, -0.05) is 0 Å². The minimum atomic E-state index is 0.774. The Kier molecular flexibility index (Phi) is 4.52. The van der Waals surface area contributed by atoms with Gasteiger partial charge in [0.2, 0.25) is 0 Å². The van der Waals surface area contributed by atoms with Gasteiger partial charge in [-0.25, -0.2) is 4.98 Å². The van der Waals surface area contributed by atoms with Crippen LogP contribution >= 0.6 is 23.3 Å². The van der Waals surface area contributed by atoms with Crippen molar-refractivity contribution in [3.8, 4) is 17.1 Å². The van der Waals surface area contributed by atoms with E-state index >= 15 is 0 Å². The van der Waals surface area contributed by atoms with Gasteiger partial charge in [0.15, 0.2) is 0 Å². The van der Waals surface area contributed by atoms with Crippen LogP contribution in [0.3, 0.4) is 0 Å². The van der Waals surface area contributed by atoms with Gasteiger partial charge in [-0.05, 0) is 43.1 Å². The van der Waals surface area contributed by atoms with Crippen LogP contribution < -0.4 is 9.46 Å². The molecular weight excluding hydrogens is 366 g/mol. The molecule has 0 amide bonds. The van der Waals surface area contributed by atoms with Gasteiger partial charge in [-0.15, -0.1) is 11.3 Å². The number of aromatic nitrogens is 4. The first-order valence-electron chi connectivity index (χ1n) is 7.96. The molecule has 3 aromatic heterocycles. The van der Waals surface area contributed by atoms with Crippen molar-refractivity contribution in [2.24, 2.45) is 7.05 Å². The van der Waals surface area contributed by atoms with Crippen molar-refractivity contribution in [3.05, 3.63) is 47.0 Å². The maximum absolute atomic E-state index is 5.51. The molecule has 1 aromatic carbocycles. The number of thiazole rings is 1. The molecule has 0 atom stereocenters. The van der Waals surface area contributed by atoms with Crippen LogP contribution in [0.5, 0.6) is 5.75 Å². The van der Waals surface area contributed by atoms with E-state index < -0.39 is 0 Å². The third kappa shape index (κ3) is 3.13. The SMILES string of the molecule is COc1ccc2cnn(C)c2c1NSc1ccc(-c2csc(C)n2)nc1. The smallest absolute Gasteiger partial charge is 0.145 e. The average Bonchev–Trinajstić information content (AvgIpc) is 3.26. The monoisotopic (exact) mass is 383 g/mol. The van der Waals surface area contributed by atoms with Gasteiger partial charge in [0.25, 0.3) is 0 Å². The molecule has 0 aliphatic rings. The van der Waals surface area contributed by atoms with Crippen molar-refractivity contribution < 1.29 is 4.74 Å². The lowest BCUT2D eigenvalue weighted by Gasteiger charge is -2.12. The first-order chi connectivity index (χ1) is 12.7. The first kappa shape index (κ1) is 16.9. The molecule has 4 aromatic rings. The van der Waals surface area contributed by atoms with Crippen molar-refractivity contribution in [1.29, 1.82) is 0 Å². The summed E-state index contributed by atoms with van der Waals surface area (Å²) in [6.45, 7) is 1.99. The first-order valence-corrected chi connectivity index (χ1v) is 9.65. The number of nitrogens with one attached hydrogen (secondary N) is 1. The van der Waals surface area contributed by atoms with Crippen molar-refractivity contribution >= 4 is 39.9 Å². The number of hydrogen-bond acceptors (Lipinski definition) is 7. The summed E-state index contributed by atoms with van der Waals surface area (Å²) in [5, 5.41) is 8.45. The van der Waals surface area contributed by atoms with E-state index in [4.69, 9.17) is 4.74 Å². The van der Waals surface area contributed by atoms with Crippen LogP contribution in [-0.4, -0.2) is 26.9 Å². The summed E-state index contributed by atoms with van der Waals surface area (Å²) < 4.78 is 10.7. The van der Waals surface area contributed by atoms with E-state index in [2.05, 4.69) is 19.8 Å². The minimum Gasteiger partial charge on any atom is -0.494 e. The van der Waals surface area contributed by atoms with E-state index in [-0.39, 0.29) is 0 Å². The van der Waals surface area contributed by atoms with E-state index in [1.165, 1.54) is 11.9 Å². The molecule has 0 bridgehead atoms. The molecule has 8 heteroatoms. The Balaban J connectivity index is 1.57. The molecule has 0 saturated carbocycles. The number of hydrogen-bond donors (Lipinski definition) is 1. The molecule has 6 nitrogen and oxygen atoms in total. The van der Waals surface area contributed by atoms with E-state index in [1.54, 1.807) is 18.4 Å². The normalized spacial score (nSPS) is 11.0. The molecule has 26 heavy (non-hydrogen) atoms. The fraction of sp³-hybridized carbons (Fsp3) is 0.167. The second-order valence-electron chi connectivity index (χ2n) is 5.68. The standard InChI is InChI=1S/C18H17N5OS2/c1-11-21-15(10-25-11)14-6-5-13(9-19-14)26-22-17-16(24-3)7-4-12-8-20-23(2)18(12)17/h4-10,22H,1-3H3. The number of benzene rings is 1. The molecule has 0 aliphatic heterocycles. The van der Waals surface area contributed by atoms with Crippen molar-refractivity contribution in [3.63, 3.8) is 0 Å². The average molecular weight is 384 g/mol. The number of anilines is 1. The third-order valence-corrected chi connectivity index (χ3v) is 5.53. The van der Waals surface area contributed by atoms with E-state index in [1.807, 2.05) is 60.7 Å². The van der Waals surface area contributed by atoms with Gasteiger partial charge in [-0.2, -0.15) is 5.10 Å². The Morgan fingerprint density at radius 1 is 1.15 bits per heavy atom. The van der Waals surface area contributed by atoms with Crippen LogP contribution in [0.15, 0.2) is 46.9 Å². The number of ether oxygens (including phenoxy) is 1. The Morgan fingerprint density at radius 3 is 2.73 bits per heavy atom. The summed E-state index contributed by atoms with van der Waals surface area (Å²) in [5.74, 6) is 0.774. The van der Waals surface area contributed by atoms with Crippen LogP contribution in [-0.2, 0) is 7.05 Å². The second-order valence-corrected chi connectivity index (χ2v) is 7.63. The third-order valence-electron chi connectivity index (χ3n) is 3.97. The summed E-state index contributed by atoms with van der Waals surface area (Å²) in [7, 11) is 3.59. The zero-order valence-corrected chi connectivity index (χ0v) is 16.2. The Labute approximate surface area is 159 Å². The van der Waals surface area contributed by atoms with Crippen LogP contribution in [0.1, 0.15) is 5.01 Å². The largest absolute Gasteiger partial charge is 0.494 e. The number of pyridine rings is 1. The maximum atomic E-state index is 5.51. The zero-order valence-electron chi connectivity index (χ0n) is 14.6. The van der Waals surface area contributed by atoms with Crippen molar-refractivity contribution in [2.75, 3.05) is 11.8 Å². The van der Waals surface area contributed by atoms with Gasteiger partial charge in [0, 0.05) is 28.9 Å². The fourth-order valence-corrected chi connectivity index (χ4v) is 3.97. The molecule has 132 valence electrons. The summed E-state index contributed by atoms with van der Waals surface area (Å²) in [4.78, 5) is 10.00. The molecule has 0 unspecified atom stereocenters. The van der Waals surface area contributed by atoms with Gasteiger partial charge in [-0.3, -0.25) is 9.67 Å². The molecular formula is C18H17N5OS2. The summed E-state index contributed by atoms with van der Waals surface area (Å²) in [5.41, 5.74) is 3.69. The van der Waals surface area contributed by atoms with Crippen molar-refractivity contribution in [1.82, 2.24) is 19.7 Å². The highest BCUT2D eigenvalue weighted by molar-refractivity contribution is 8.00. The number of fused-ring (bicyclic) bond motifs is 1. The van der Waals surface area contributed by atoms with Gasteiger partial charge in [0.05, 0.1) is 35.2 Å². The summed E-state index contributed by atoms with van der Waals surface area (Å²) >= 11 is 3.12. The summed E-state index contributed by atoms with van der Waals surface area (Å²) in [6.07, 6.45) is 3.69. The molecule has 0 aliphatic carbocycles. The van der Waals surface area contributed by atoms with E-state index in [0.717, 1.165) is 43.6 Å². The lowest BCUT2D eigenvalue weighted by atomic mass is 10.2. The molecule has 0 saturated heterocycles. The van der Waals surface area contributed by atoms with Crippen LogP contribution in [0.25, 0.3) is 22.3 Å². The molecule has 1 N–H and O–H groups in total. The lowest BCUT2D eigenvalue weighted by molar-refractivity contribution is 0.417. The van der Waals surface area contributed by atoms with Gasteiger partial charge >= 0.3 is 0 Å². The Hall–Kier alpha value is -2.58. The fourth-order valence-electron chi connectivity index (χ4n) is 2.70. The molecule has 0 radical (unpaired) electrons. The molecule has 4 rings (SSSR count). The Morgan fingerprint density at radius 2 is 2.04 bits per heavy atom. The minimum absolute atomic E-state index is 0.774. The quantitative estimate of drug-likeness (QED) is 0.511. The Bertz CT molecular complexity index is 1060. The van der Waals surface area contributed by atoms with E-state index in [0.29, 0.717) is 0 Å². The number of rotatable bonds is 5. The topological polar surface area (TPSA) is 64.9 Å². The predicted molar refractivity (Wildman–Crippen MR) is 107 cm³/mol.